The largest absolute Gasteiger partial charge is 0.478 e. The Bertz CT molecular complexity index is 626. The molecule has 0 saturated carbocycles. The Balaban J connectivity index is 3.39. The number of primary amides is 1. The molecule has 0 aliphatic carbocycles. The molecule has 0 fully saturated rings. The molecule has 104 valence electrons. The predicted octanol–water partition coefficient (Wildman–Crippen LogP) is -0.927. The average molecular weight is 287 g/mol. The molecular weight excluding hydrogens is 274 g/mol. The van der Waals surface area contributed by atoms with Crippen LogP contribution in [0.1, 0.15) is 10.4 Å². The van der Waals surface area contributed by atoms with Crippen molar-refractivity contribution < 1.29 is 23.1 Å². The maximum atomic E-state index is 12.1. The van der Waals surface area contributed by atoms with Crippen LogP contribution in [0.3, 0.4) is 0 Å². The van der Waals surface area contributed by atoms with Gasteiger partial charge in [0.05, 0.1) is 17.0 Å². The van der Waals surface area contributed by atoms with Crippen molar-refractivity contribution in [1.82, 2.24) is 4.31 Å². The molecule has 1 amide bonds. The van der Waals surface area contributed by atoms with Gasteiger partial charge in [-0.1, -0.05) is 0 Å². The molecule has 0 bridgehead atoms. The second kappa shape index (κ2) is 5.24. The number of carboxylic acid groups (broad SMARTS) is 1. The molecule has 0 spiro atoms. The van der Waals surface area contributed by atoms with E-state index >= 15 is 0 Å². The fourth-order valence-corrected chi connectivity index (χ4v) is 2.75. The van der Waals surface area contributed by atoms with Crippen molar-refractivity contribution in [3.05, 3.63) is 23.8 Å². The Morgan fingerprint density at radius 2 is 1.95 bits per heavy atom. The molecule has 1 aromatic carbocycles. The maximum Gasteiger partial charge on any atom is 0.337 e. The summed E-state index contributed by atoms with van der Waals surface area (Å²) in [6.45, 7) is -0.559. The van der Waals surface area contributed by atoms with Gasteiger partial charge < -0.3 is 16.6 Å². The van der Waals surface area contributed by atoms with Crippen molar-refractivity contribution in [2.45, 2.75) is 4.90 Å². The second-order valence-electron chi connectivity index (χ2n) is 3.79. The lowest BCUT2D eigenvalue weighted by Crippen LogP contribution is -2.36. The molecule has 0 aromatic heterocycles. The van der Waals surface area contributed by atoms with Crippen molar-refractivity contribution in [2.24, 2.45) is 5.73 Å². The van der Waals surface area contributed by atoms with E-state index in [1.165, 1.54) is 6.07 Å². The highest BCUT2D eigenvalue weighted by atomic mass is 32.2. The van der Waals surface area contributed by atoms with E-state index in [2.05, 4.69) is 0 Å². The molecule has 0 radical (unpaired) electrons. The van der Waals surface area contributed by atoms with Gasteiger partial charge in [0.2, 0.25) is 15.9 Å². The fraction of sp³-hybridized carbons (Fsp3) is 0.200. The highest BCUT2D eigenvalue weighted by Crippen LogP contribution is 2.22. The monoisotopic (exact) mass is 287 g/mol. The van der Waals surface area contributed by atoms with Crippen LogP contribution >= 0.6 is 0 Å². The summed E-state index contributed by atoms with van der Waals surface area (Å²) in [6.07, 6.45) is 0. The summed E-state index contributed by atoms with van der Waals surface area (Å²) in [7, 11) is -3.04. The van der Waals surface area contributed by atoms with Crippen molar-refractivity contribution in [2.75, 3.05) is 19.3 Å². The summed E-state index contributed by atoms with van der Waals surface area (Å²) in [5, 5.41) is 8.97. The van der Waals surface area contributed by atoms with Gasteiger partial charge in [-0.2, -0.15) is 4.31 Å². The lowest BCUT2D eigenvalue weighted by Gasteiger charge is -2.17. The third-order valence-electron chi connectivity index (χ3n) is 2.30. The highest BCUT2D eigenvalue weighted by molar-refractivity contribution is 7.89. The summed E-state index contributed by atoms with van der Waals surface area (Å²) in [5.41, 5.74) is 10.0. The Labute approximate surface area is 109 Å². The van der Waals surface area contributed by atoms with E-state index in [-0.39, 0.29) is 5.69 Å². The van der Waals surface area contributed by atoms with Crippen molar-refractivity contribution in [3.8, 4) is 0 Å². The molecule has 8 nitrogen and oxygen atoms in total. The van der Waals surface area contributed by atoms with Crippen LogP contribution in [-0.4, -0.2) is 43.3 Å². The SMILES string of the molecule is CN(CC(N)=O)S(=O)(=O)c1cc(N)ccc1C(=O)O. The van der Waals surface area contributed by atoms with E-state index in [0.29, 0.717) is 4.31 Å². The Morgan fingerprint density at radius 3 is 2.42 bits per heavy atom. The molecule has 9 heteroatoms. The minimum absolute atomic E-state index is 0.0936. The van der Waals surface area contributed by atoms with Gasteiger partial charge in [-0.05, 0) is 18.2 Å². The van der Waals surface area contributed by atoms with E-state index in [1.54, 1.807) is 0 Å². The molecule has 1 aromatic rings. The minimum Gasteiger partial charge on any atom is -0.478 e. The van der Waals surface area contributed by atoms with Gasteiger partial charge in [0, 0.05) is 12.7 Å². The third-order valence-corrected chi connectivity index (χ3v) is 4.15. The molecule has 5 N–H and O–H groups in total. The molecular formula is C10H13N3O5S. The zero-order chi connectivity index (χ0) is 14.8. The van der Waals surface area contributed by atoms with Crippen LogP contribution in [0.5, 0.6) is 0 Å². The summed E-state index contributed by atoms with van der Waals surface area (Å²) < 4.78 is 25.0. The van der Waals surface area contributed by atoms with Crippen LogP contribution < -0.4 is 11.5 Å². The number of nitrogen functional groups attached to an aromatic ring is 1. The van der Waals surface area contributed by atoms with Crippen LogP contribution in [0.2, 0.25) is 0 Å². The number of amides is 1. The lowest BCUT2D eigenvalue weighted by molar-refractivity contribution is -0.118. The van der Waals surface area contributed by atoms with Crippen LogP contribution in [0.4, 0.5) is 5.69 Å². The molecule has 1 rings (SSSR count). The van der Waals surface area contributed by atoms with Crippen molar-refractivity contribution in [1.29, 1.82) is 0 Å². The normalized spacial score (nSPS) is 11.5. The zero-order valence-electron chi connectivity index (χ0n) is 10.0. The zero-order valence-corrected chi connectivity index (χ0v) is 10.8. The first kappa shape index (κ1) is 14.9. The first-order chi connectivity index (χ1) is 8.66. The van der Waals surface area contributed by atoms with Crippen LogP contribution in [0, 0.1) is 0 Å². The third kappa shape index (κ3) is 3.20. The van der Waals surface area contributed by atoms with E-state index in [4.69, 9.17) is 16.6 Å². The highest BCUT2D eigenvalue weighted by Gasteiger charge is 2.27. The molecule has 0 atom stereocenters. The van der Waals surface area contributed by atoms with Gasteiger partial charge in [-0.15, -0.1) is 0 Å². The molecule has 0 unspecified atom stereocenters. The molecule has 0 aliphatic heterocycles. The van der Waals surface area contributed by atoms with Crippen LogP contribution in [-0.2, 0) is 14.8 Å². The van der Waals surface area contributed by atoms with E-state index in [0.717, 1.165) is 19.2 Å². The molecule has 19 heavy (non-hydrogen) atoms. The fourth-order valence-electron chi connectivity index (χ4n) is 1.40. The van der Waals surface area contributed by atoms with E-state index in [1.807, 2.05) is 0 Å². The Hall–Kier alpha value is -2.13. The van der Waals surface area contributed by atoms with Crippen LogP contribution in [0.15, 0.2) is 23.1 Å². The maximum absolute atomic E-state index is 12.1. The van der Waals surface area contributed by atoms with Gasteiger partial charge in [0.25, 0.3) is 0 Å². The molecule has 0 aliphatic rings. The topological polar surface area (TPSA) is 144 Å². The number of aromatic carboxylic acids is 1. The number of nitrogens with two attached hydrogens (primary N) is 2. The number of nitrogens with zero attached hydrogens (tertiary/aromatic N) is 1. The summed E-state index contributed by atoms with van der Waals surface area (Å²) >= 11 is 0. The first-order valence-corrected chi connectivity index (χ1v) is 6.47. The standard InChI is InChI=1S/C10H13N3O5S/c1-13(5-9(12)14)19(17,18)8-4-6(11)2-3-7(8)10(15)16/h2-4H,5,11H2,1H3,(H2,12,14)(H,15,16). The number of likely N-dealkylation sites (N-methyl/N-ethyl adjacent to an activating group) is 1. The Morgan fingerprint density at radius 1 is 1.37 bits per heavy atom. The minimum atomic E-state index is -4.16. The van der Waals surface area contributed by atoms with Gasteiger partial charge in [0.15, 0.2) is 0 Å². The first-order valence-electron chi connectivity index (χ1n) is 5.03. The molecule has 0 heterocycles. The van der Waals surface area contributed by atoms with Crippen molar-refractivity contribution >= 4 is 27.6 Å². The summed E-state index contributed by atoms with van der Waals surface area (Å²) in [5.74, 6) is -2.27. The number of rotatable bonds is 5. The lowest BCUT2D eigenvalue weighted by atomic mass is 10.2. The number of anilines is 1. The number of sulfonamides is 1. The molecule has 0 saturated heterocycles. The number of carboxylic acids is 1. The van der Waals surface area contributed by atoms with Gasteiger partial charge in [-0.3, -0.25) is 4.79 Å². The van der Waals surface area contributed by atoms with E-state index < -0.39 is 38.9 Å². The van der Waals surface area contributed by atoms with Crippen LogP contribution in [0.25, 0.3) is 0 Å². The number of carbonyl (C=O) groups excluding carboxylic acids is 1. The van der Waals surface area contributed by atoms with E-state index in [9.17, 15) is 18.0 Å². The quantitative estimate of drug-likeness (QED) is 0.597. The predicted molar refractivity (Wildman–Crippen MR) is 66.8 cm³/mol. The number of carbonyl (C=O) groups is 2. The Kier molecular flexibility index (Phi) is 4.12. The number of hydrogen-bond donors (Lipinski definition) is 3. The summed E-state index contributed by atoms with van der Waals surface area (Å²) in [4.78, 5) is 21.3. The number of benzene rings is 1. The smallest absolute Gasteiger partial charge is 0.337 e. The van der Waals surface area contributed by atoms with Crippen molar-refractivity contribution in [3.63, 3.8) is 0 Å². The van der Waals surface area contributed by atoms with Gasteiger partial charge in [0.1, 0.15) is 0 Å². The number of hydrogen-bond acceptors (Lipinski definition) is 5. The second-order valence-corrected chi connectivity index (χ2v) is 5.80. The van der Waals surface area contributed by atoms with Gasteiger partial charge >= 0.3 is 5.97 Å². The summed E-state index contributed by atoms with van der Waals surface area (Å²) in [6, 6.07) is 3.38. The van der Waals surface area contributed by atoms with Gasteiger partial charge in [-0.25, -0.2) is 13.2 Å². The average Bonchev–Trinajstić information content (AvgIpc) is 2.27.